The first-order chi connectivity index (χ1) is 16.8. The molecule has 0 aromatic carbocycles. The van der Waals surface area contributed by atoms with Crippen LogP contribution in [0.2, 0.25) is 0 Å². The smallest absolute Gasteiger partial charge is 0.309 e. The van der Waals surface area contributed by atoms with E-state index in [0.717, 1.165) is 32.2 Å². The van der Waals surface area contributed by atoms with Crippen molar-refractivity contribution in [1.82, 2.24) is 10.2 Å². The zero-order valence-electron chi connectivity index (χ0n) is 23.0. The molecule has 7 heteroatoms. The van der Waals surface area contributed by atoms with E-state index < -0.39 is 34.6 Å². The lowest BCUT2D eigenvalue weighted by molar-refractivity contribution is -0.204. The van der Waals surface area contributed by atoms with E-state index >= 15 is 0 Å². The van der Waals surface area contributed by atoms with E-state index in [-0.39, 0.29) is 35.0 Å². The third-order valence-corrected chi connectivity index (χ3v) is 10.8. The Morgan fingerprint density at radius 3 is 2.39 bits per heavy atom. The third kappa shape index (κ3) is 4.00. The monoisotopic (exact) mass is 502 g/mol. The van der Waals surface area contributed by atoms with Crippen molar-refractivity contribution in [3.8, 4) is 0 Å². The average molecular weight is 503 g/mol. The molecule has 36 heavy (non-hydrogen) atoms. The first kappa shape index (κ1) is 27.2. The SMILES string of the molecule is CC(C)C1=C[C@]23CC[C@@H]4[C@](C)(CCC[C@@]4(C)C(=O)O)[C@@H]2C[C@@H]1[C@H](C(=O)NCCCN(C)C)[C@@H]3C(=O)O. The van der Waals surface area contributed by atoms with Crippen LogP contribution in [0.1, 0.15) is 72.6 Å². The second-order valence-electron chi connectivity index (χ2n) is 13.3. The molecular weight excluding hydrogens is 456 g/mol. The van der Waals surface area contributed by atoms with Crippen LogP contribution in [0, 0.1) is 51.8 Å². The molecule has 5 aliphatic carbocycles. The number of nitrogens with zero attached hydrogens (tertiary/aromatic N) is 1. The van der Waals surface area contributed by atoms with Crippen LogP contribution >= 0.6 is 0 Å². The number of nitrogens with one attached hydrogen (secondary N) is 1. The largest absolute Gasteiger partial charge is 0.481 e. The summed E-state index contributed by atoms with van der Waals surface area (Å²) in [6.07, 6.45) is 7.68. The lowest BCUT2D eigenvalue weighted by atomic mass is 9.34. The third-order valence-electron chi connectivity index (χ3n) is 10.8. The van der Waals surface area contributed by atoms with E-state index in [1.54, 1.807) is 0 Å². The highest BCUT2D eigenvalue weighted by Crippen LogP contribution is 2.73. The highest BCUT2D eigenvalue weighted by molar-refractivity contribution is 5.87. The number of hydrogen-bond donors (Lipinski definition) is 3. The average Bonchev–Trinajstić information content (AvgIpc) is 2.79. The van der Waals surface area contributed by atoms with Crippen LogP contribution in [0.5, 0.6) is 0 Å². The van der Waals surface area contributed by atoms with E-state index in [1.807, 2.05) is 21.0 Å². The molecule has 0 heterocycles. The zero-order chi connectivity index (χ0) is 26.6. The van der Waals surface area contributed by atoms with E-state index in [2.05, 4.69) is 37.1 Å². The van der Waals surface area contributed by atoms with E-state index in [4.69, 9.17) is 0 Å². The van der Waals surface area contributed by atoms with Crippen molar-refractivity contribution in [2.75, 3.05) is 27.2 Å². The molecule has 0 aromatic heterocycles. The van der Waals surface area contributed by atoms with Gasteiger partial charge in [-0.1, -0.05) is 38.8 Å². The topological polar surface area (TPSA) is 107 Å². The summed E-state index contributed by atoms with van der Waals surface area (Å²) in [5.74, 6) is -2.84. The van der Waals surface area contributed by atoms with E-state index in [0.29, 0.717) is 25.8 Å². The minimum atomic E-state index is -0.879. The van der Waals surface area contributed by atoms with Gasteiger partial charge in [-0.15, -0.1) is 0 Å². The molecule has 3 saturated carbocycles. The summed E-state index contributed by atoms with van der Waals surface area (Å²) in [5, 5.41) is 24.0. The van der Waals surface area contributed by atoms with Crippen molar-refractivity contribution in [3.63, 3.8) is 0 Å². The number of allylic oxidation sites excluding steroid dienone is 2. The molecule has 202 valence electrons. The van der Waals surface area contributed by atoms with E-state index in [1.165, 1.54) is 5.57 Å². The number of aliphatic carboxylic acids is 2. The van der Waals surface area contributed by atoms with E-state index in [9.17, 15) is 24.6 Å². The Morgan fingerprint density at radius 2 is 1.81 bits per heavy atom. The highest BCUT2D eigenvalue weighted by Gasteiger charge is 2.70. The van der Waals surface area contributed by atoms with Gasteiger partial charge in [0.05, 0.1) is 17.3 Å². The molecule has 0 unspecified atom stereocenters. The molecule has 5 aliphatic rings. The number of hydrogen-bond acceptors (Lipinski definition) is 4. The Kier molecular flexibility index (Phi) is 7.13. The normalized spacial score (nSPS) is 41.4. The van der Waals surface area contributed by atoms with Gasteiger partial charge in [0.15, 0.2) is 0 Å². The number of carbonyl (C=O) groups excluding carboxylic acids is 1. The molecule has 1 amide bonds. The second kappa shape index (κ2) is 9.45. The molecule has 7 nitrogen and oxygen atoms in total. The molecule has 3 fully saturated rings. The summed E-state index contributed by atoms with van der Waals surface area (Å²) in [4.78, 5) is 41.2. The fourth-order valence-electron chi connectivity index (χ4n) is 9.31. The number of rotatable bonds is 8. The summed E-state index contributed by atoms with van der Waals surface area (Å²) in [7, 11) is 4.00. The highest BCUT2D eigenvalue weighted by atomic mass is 16.4. The molecule has 2 bridgehead atoms. The molecule has 0 aliphatic heterocycles. The molecule has 0 radical (unpaired) electrons. The standard InChI is InChI=1S/C29H46N2O5/c1-17(2)19-16-29-12-9-20-27(3,10-7-11-28(20,4)26(35)36)21(29)15-18(19)22(23(29)25(33)34)24(32)30-13-8-14-31(5)6/h16-18,20-23H,7-15H2,1-6H3,(H,30,32)(H,33,34)(H,35,36)/t18-,20+,21-,22-,23+,27-,28+,29+/m0/s1. The van der Waals surface area contributed by atoms with Crippen LogP contribution in [-0.4, -0.2) is 60.1 Å². The number of amides is 1. The maximum Gasteiger partial charge on any atom is 0.309 e. The van der Waals surface area contributed by atoms with Crippen molar-refractivity contribution in [1.29, 1.82) is 0 Å². The van der Waals surface area contributed by atoms with Crippen LogP contribution < -0.4 is 5.32 Å². The minimum absolute atomic E-state index is 0.0230. The summed E-state index contributed by atoms with van der Waals surface area (Å²) in [6.45, 7) is 9.85. The van der Waals surface area contributed by atoms with Gasteiger partial charge in [0.1, 0.15) is 0 Å². The molecule has 3 N–H and O–H groups in total. The van der Waals surface area contributed by atoms with Crippen LogP contribution in [0.15, 0.2) is 11.6 Å². The fraction of sp³-hybridized carbons (Fsp3) is 0.828. The van der Waals surface area contributed by atoms with Gasteiger partial charge in [-0.2, -0.15) is 0 Å². The maximum absolute atomic E-state index is 13.6. The van der Waals surface area contributed by atoms with Gasteiger partial charge in [0.2, 0.25) is 5.91 Å². The minimum Gasteiger partial charge on any atom is -0.481 e. The summed E-state index contributed by atoms with van der Waals surface area (Å²) in [5.41, 5.74) is -0.399. The lowest BCUT2D eigenvalue weighted by Crippen LogP contribution is -2.67. The molecular formula is C29H46N2O5. The predicted octanol–water partition coefficient (Wildman–Crippen LogP) is 4.28. The number of carbonyl (C=O) groups is 3. The first-order valence-electron chi connectivity index (χ1n) is 13.9. The first-order valence-corrected chi connectivity index (χ1v) is 13.9. The maximum atomic E-state index is 13.6. The quantitative estimate of drug-likeness (QED) is 0.338. The summed E-state index contributed by atoms with van der Waals surface area (Å²) < 4.78 is 0. The second-order valence-corrected chi connectivity index (χ2v) is 13.3. The van der Waals surface area contributed by atoms with Gasteiger partial charge in [-0.25, -0.2) is 0 Å². The van der Waals surface area contributed by atoms with Gasteiger partial charge in [0, 0.05) is 12.0 Å². The Morgan fingerprint density at radius 1 is 1.11 bits per heavy atom. The Balaban J connectivity index is 1.74. The van der Waals surface area contributed by atoms with Crippen LogP contribution in [0.25, 0.3) is 0 Å². The number of fused-ring (bicyclic) bond motifs is 2. The Bertz CT molecular complexity index is 944. The summed E-state index contributed by atoms with van der Waals surface area (Å²) >= 11 is 0. The summed E-state index contributed by atoms with van der Waals surface area (Å²) in [6, 6.07) is 0. The van der Waals surface area contributed by atoms with Gasteiger partial charge in [-0.05, 0) is 95.2 Å². The number of carboxylic acids is 2. The van der Waals surface area contributed by atoms with Crippen molar-refractivity contribution in [2.45, 2.75) is 72.6 Å². The van der Waals surface area contributed by atoms with Crippen molar-refractivity contribution < 1.29 is 24.6 Å². The van der Waals surface area contributed by atoms with Crippen molar-refractivity contribution in [3.05, 3.63) is 11.6 Å². The Hall–Kier alpha value is -1.89. The van der Waals surface area contributed by atoms with Crippen LogP contribution in [0.4, 0.5) is 0 Å². The van der Waals surface area contributed by atoms with Gasteiger partial charge in [0.25, 0.3) is 0 Å². The van der Waals surface area contributed by atoms with Crippen molar-refractivity contribution >= 4 is 17.8 Å². The molecule has 5 rings (SSSR count). The molecule has 0 aromatic rings. The van der Waals surface area contributed by atoms with Crippen LogP contribution in [-0.2, 0) is 14.4 Å². The van der Waals surface area contributed by atoms with Crippen molar-refractivity contribution in [2.24, 2.45) is 51.8 Å². The van der Waals surface area contributed by atoms with Gasteiger partial charge in [-0.3, -0.25) is 14.4 Å². The molecule has 8 atom stereocenters. The molecule has 1 spiro atoms. The van der Waals surface area contributed by atoms with Gasteiger partial charge < -0.3 is 20.4 Å². The Labute approximate surface area is 216 Å². The van der Waals surface area contributed by atoms with Gasteiger partial charge >= 0.3 is 11.9 Å². The number of carboxylic acid groups (broad SMARTS) is 2. The van der Waals surface area contributed by atoms with Crippen LogP contribution in [0.3, 0.4) is 0 Å². The molecule has 0 saturated heterocycles. The fourth-order valence-corrected chi connectivity index (χ4v) is 9.31. The predicted molar refractivity (Wildman–Crippen MR) is 138 cm³/mol. The zero-order valence-corrected chi connectivity index (χ0v) is 23.0. The lowest BCUT2D eigenvalue weighted by Gasteiger charge is -2.69.